The lowest BCUT2D eigenvalue weighted by Gasteiger charge is -2.26. The first kappa shape index (κ1) is 20.7. The van der Waals surface area contributed by atoms with Crippen LogP contribution < -0.4 is 10.2 Å². The number of furan rings is 1. The zero-order valence-electron chi connectivity index (χ0n) is 18.0. The van der Waals surface area contributed by atoms with Gasteiger partial charge in [-0.25, -0.2) is 4.98 Å². The van der Waals surface area contributed by atoms with Crippen molar-refractivity contribution in [3.63, 3.8) is 0 Å². The molecular formula is C25H25N3O3S. The van der Waals surface area contributed by atoms with Crippen molar-refractivity contribution in [2.24, 2.45) is 0 Å². The van der Waals surface area contributed by atoms with Crippen molar-refractivity contribution < 1.29 is 13.9 Å². The lowest BCUT2D eigenvalue weighted by Crippen LogP contribution is -2.36. The molecule has 1 aliphatic heterocycles. The van der Waals surface area contributed by atoms with Crippen molar-refractivity contribution in [1.29, 1.82) is 0 Å². The standard InChI is InChI=1S/C25H25N3O3S/c1-17-19-9-5-6-10-20(19)31-21(17)16-26-23(29)15-22-24(18-7-3-2-4-8-18)27-25(32-22)28-11-13-30-14-12-28/h2-10H,11-16H2,1H3,(H,26,29). The molecule has 0 spiro atoms. The average molecular weight is 448 g/mol. The van der Waals surface area contributed by atoms with Gasteiger partial charge < -0.3 is 19.4 Å². The molecule has 1 aliphatic rings. The Morgan fingerprint density at radius 1 is 1.09 bits per heavy atom. The fraction of sp³-hybridized carbons (Fsp3) is 0.280. The molecule has 0 aliphatic carbocycles. The third kappa shape index (κ3) is 4.26. The van der Waals surface area contributed by atoms with E-state index in [1.807, 2.05) is 61.5 Å². The lowest BCUT2D eigenvalue weighted by molar-refractivity contribution is -0.120. The monoisotopic (exact) mass is 447 g/mol. The van der Waals surface area contributed by atoms with Crippen LogP contribution in [0.5, 0.6) is 0 Å². The van der Waals surface area contributed by atoms with Crippen molar-refractivity contribution >= 4 is 33.3 Å². The molecule has 1 fully saturated rings. The first-order valence-electron chi connectivity index (χ1n) is 10.8. The van der Waals surface area contributed by atoms with Crippen LogP contribution >= 0.6 is 11.3 Å². The van der Waals surface area contributed by atoms with Crippen molar-refractivity contribution in [1.82, 2.24) is 10.3 Å². The van der Waals surface area contributed by atoms with E-state index in [4.69, 9.17) is 14.1 Å². The van der Waals surface area contributed by atoms with E-state index in [1.54, 1.807) is 11.3 Å². The highest BCUT2D eigenvalue weighted by molar-refractivity contribution is 7.16. The molecule has 0 bridgehead atoms. The fourth-order valence-electron chi connectivity index (χ4n) is 3.95. The van der Waals surface area contributed by atoms with Crippen LogP contribution in [0.3, 0.4) is 0 Å². The van der Waals surface area contributed by atoms with Crippen molar-refractivity contribution in [2.75, 3.05) is 31.2 Å². The molecule has 0 atom stereocenters. The first-order valence-corrected chi connectivity index (χ1v) is 11.6. The quantitative estimate of drug-likeness (QED) is 0.469. The minimum absolute atomic E-state index is 0.0424. The number of para-hydroxylation sites is 1. The summed E-state index contributed by atoms with van der Waals surface area (Å²) in [5.41, 5.74) is 3.82. The largest absolute Gasteiger partial charge is 0.459 e. The third-order valence-electron chi connectivity index (χ3n) is 5.72. The van der Waals surface area contributed by atoms with E-state index >= 15 is 0 Å². The van der Waals surface area contributed by atoms with Crippen molar-refractivity contribution in [2.45, 2.75) is 19.9 Å². The van der Waals surface area contributed by atoms with Gasteiger partial charge in [0.2, 0.25) is 5.91 Å². The summed E-state index contributed by atoms with van der Waals surface area (Å²) in [4.78, 5) is 21.0. The van der Waals surface area contributed by atoms with E-state index in [-0.39, 0.29) is 12.3 Å². The minimum Gasteiger partial charge on any atom is -0.459 e. The molecule has 0 saturated carbocycles. The SMILES string of the molecule is Cc1c(CNC(=O)Cc2sc(N3CCOCC3)nc2-c2ccccc2)oc2ccccc12. The zero-order chi connectivity index (χ0) is 21.9. The predicted octanol–water partition coefficient (Wildman–Crippen LogP) is 4.56. The number of amides is 1. The Hall–Kier alpha value is -3.16. The summed E-state index contributed by atoms with van der Waals surface area (Å²) in [6.45, 7) is 5.44. The van der Waals surface area contributed by atoms with Crippen LogP contribution in [0.15, 0.2) is 59.0 Å². The minimum atomic E-state index is -0.0424. The van der Waals surface area contributed by atoms with Gasteiger partial charge in [-0.1, -0.05) is 48.5 Å². The number of nitrogens with one attached hydrogen (secondary N) is 1. The van der Waals surface area contributed by atoms with Gasteiger partial charge in [0, 0.05) is 34.5 Å². The van der Waals surface area contributed by atoms with E-state index in [2.05, 4.69) is 10.2 Å². The van der Waals surface area contributed by atoms with Gasteiger partial charge in [0.1, 0.15) is 11.3 Å². The van der Waals surface area contributed by atoms with Crippen LogP contribution in [0.4, 0.5) is 5.13 Å². The van der Waals surface area contributed by atoms with Crippen LogP contribution in [0, 0.1) is 6.92 Å². The number of aryl methyl sites for hydroxylation is 1. The summed E-state index contributed by atoms with van der Waals surface area (Å²) >= 11 is 1.59. The summed E-state index contributed by atoms with van der Waals surface area (Å²) in [5.74, 6) is 0.750. The zero-order valence-corrected chi connectivity index (χ0v) is 18.8. The van der Waals surface area contributed by atoms with Crippen molar-refractivity contribution in [3.8, 4) is 11.3 Å². The molecule has 2 aromatic heterocycles. The van der Waals surface area contributed by atoms with Gasteiger partial charge in [-0.3, -0.25) is 4.79 Å². The number of ether oxygens (including phenoxy) is 1. The van der Waals surface area contributed by atoms with Gasteiger partial charge in [-0.2, -0.15) is 0 Å². The first-order chi connectivity index (χ1) is 15.7. The Kier molecular flexibility index (Phi) is 5.92. The number of aromatic nitrogens is 1. The molecule has 7 heteroatoms. The van der Waals surface area contributed by atoms with E-state index in [0.29, 0.717) is 19.8 Å². The maximum Gasteiger partial charge on any atom is 0.225 e. The second-order valence-corrected chi connectivity index (χ2v) is 8.90. The summed E-state index contributed by atoms with van der Waals surface area (Å²) in [7, 11) is 0. The van der Waals surface area contributed by atoms with Gasteiger partial charge in [0.15, 0.2) is 5.13 Å². The second kappa shape index (κ2) is 9.14. The van der Waals surface area contributed by atoms with Crippen LogP contribution in [-0.4, -0.2) is 37.2 Å². The molecule has 6 nitrogen and oxygen atoms in total. The topological polar surface area (TPSA) is 67.6 Å². The Bertz CT molecular complexity index is 1230. The van der Waals surface area contributed by atoms with Gasteiger partial charge >= 0.3 is 0 Å². The summed E-state index contributed by atoms with van der Waals surface area (Å²) in [6, 6.07) is 18.0. The average Bonchev–Trinajstić information content (AvgIpc) is 3.40. The fourth-order valence-corrected chi connectivity index (χ4v) is 5.08. The van der Waals surface area contributed by atoms with Gasteiger partial charge in [0.05, 0.1) is 31.9 Å². The molecule has 3 heterocycles. The predicted molar refractivity (Wildman–Crippen MR) is 127 cm³/mol. The molecule has 1 N–H and O–H groups in total. The number of hydrogen-bond donors (Lipinski definition) is 1. The Balaban J connectivity index is 1.34. The van der Waals surface area contributed by atoms with Crippen LogP contribution in [0.2, 0.25) is 0 Å². The molecule has 2 aromatic carbocycles. The van der Waals surface area contributed by atoms with Crippen LogP contribution in [0.1, 0.15) is 16.2 Å². The highest BCUT2D eigenvalue weighted by atomic mass is 32.1. The van der Waals surface area contributed by atoms with E-state index in [0.717, 1.165) is 56.6 Å². The Labute approximate surface area is 190 Å². The third-order valence-corrected chi connectivity index (χ3v) is 6.84. The number of thiazole rings is 1. The normalized spacial score (nSPS) is 14.1. The molecule has 0 unspecified atom stereocenters. The molecule has 4 aromatic rings. The van der Waals surface area contributed by atoms with Crippen LogP contribution in [-0.2, 0) is 22.5 Å². The van der Waals surface area contributed by atoms with Gasteiger partial charge in [-0.15, -0.1) is 11.3 Å². The molecule has 164 valence electrons. The number of anilines is 1. The molecule has 1 saturated heterocycles. The molecule has 5 rings (SSSR count). The number of carbonyl (C=O) groups excluding carboxylic acids is 1. The number of nitrogens with zero attached hydrogens (tertiary/aromatic N) is 2. The highest BCUT2D eigenvalue weighted by Crippen LogP contribution is 2.34. The summed E-state index contributed by atoms with van der Waals surface area (Å²) in [5, 5.41) is 5.06. The number of carbonyl (C=O) groups is 1. The number of hydrogen-bond acceptors (Lipinski definition) is 6. The Morgan fingerprint density at radius 3 is 2.62 bits per heavy atom. The van der Waals surface area contributed by atoms with E-state index in [9.17, 15) is 4.79 Å². The van der Waals surface area contributed by atoms with E-state index < -0.39 is 0 Å². The molecule has 0 radical (unpaired) electrons. The lowest BCUT2D eigenvalue weighted by atomic mass is 10.1. The smallest absolute Gasteiger partial charge is 0.225 e. The summed E-state index contributed by atoms with van der Waals surface area (Å²) in [6.07, 6.45) is 0.283. The van der Waals surface area contributed by atoms with Crippen molar-refractivity contribution in [3.05, 3.63) is 70.8 Å². The number of morpholine rings is 1. The van der Waals surface area contributed by atoms with Gasteiger partial charge in [-0.05, 0) is 13.0 Å². The van der Waals surface area contributed by atoms with Crippen LogP contribution in [0.25, 0.3) is 22.2 Å². The number of rotatable bonds is 6. The number of fused-ring (bicyclic) bond motifs is 1. The maximum atomic E-state index is 12.9. The second-order valence-electron chi connectivity index (χ2n) is 7.83. The molecule has 32 heavy (non-hydrogen) atoms. The maximum absolute atomic E-state index is 12.9. The molecular weight excluding hydrogens is 422 g/mol. The Morgan fingerprint density at radius 2 is 1.84 bits per heavy atom. The summed E-state index contributed by atoms with van der Waals surface area (Å²) < 4.78 is 11.4. The molecule has 1 amide bonds. The van der Waals surface area contributed by atoms with Gasteiger partial charge in [0.25, 0.3) is 0 Å². The number of benzene rings is 2. The van der Waals surface area contributed by atoms with E-state index in [1.165, 1.54) is 0 Å². The highest BCUT2D eigenvalue weighted by Gasteiger charge is 2.21.